The van der Waals surface area contributed by atoms with Crippen LogP contribution in [0, 0.1) is 6.92 Å². The van der Waals surface area contributed by atoms with E-state index >= 15 is 0 Å². The number of nitrogens with one attached hydrogen (secondary N) is 3. The van der Waals surface area contributed by atoms with Gasteiger partial charge in [0.2, 0.25) is 11.8 Å². The third-order valence-corrected chi connectivity index (χ3v) is 7.80. The summed E-state index contributed by atoms with van der Waals surface area (Å²) in [6.07, 6.45) is 7.91. The van der Waals surface area contributed by atoms with E-state index in [-0.39, 0.29) is 30.0 Å². The lowest BCUT2D eigenvalue weighted by atomic mass is 9.90. The molecule has 1 saturated carbocycles. The normalized spacial score (nSPS) is 18.7. The van der Waals surface area contributed by atoms with Crippen molar-refractivity contribution < 1.29 is 19.1 Å². The number of anilines is 3. The fraction of sp³-hybridized carbons (Fsp3) is 0.370. The van der Waals surface area contributed by atoms with Gasteiger partial charge in [0.1, 0.15) is 9.71 Å². The van der Waals surface area contributed by atoms with Crippen molar-refractivity contribution in [3.05, 3.63) is 47.6 Å². The van der Waals surface area contributed by atoms with E-state index in [9.17, 15) is 14.4 Å². The van der Waals surface area contributed by atoms with Crippen LogP contribution in [0.5, 0.6) is 5.88 Å². The number of ether oxygens (including phenoxy) is 1. The maximum Gasteiger partial charge on any atom is 0.331 e. The molecular weight excluding hydrogens is 504 g/mol. The molecule has 1 aliphatic heterocycles. The molecule has 10 nitrogen and oxygen atoms in total. The van der Waals surface area contributed by atoms with E-state index in [1.807, 2.05) is 20.8 Å². The van der Waals surface area contributed by atoms with Crippen LogP contribution in [0.3, 0.4) is 0 Å². The third-order valence-electron chi connectivity index (χ3n) is 6.70. The summed E-state index contributed by atoms with van der Waals surface area (Å²) in [5, 5.41) is 9.64. The molecule has 38 heavy (non-hydrogen) atoms. The number of carbonyl (C=O) groups is 3. The van der Waals surface area contributed by atoms with Gasteiger partial charge in [0.15, 0.2) is 0 Å². The first-order valence-corrected chi connectivity index (χ1v) is 13.5. The Morgan fingerprint density at radius 3 is 2.63 bits per heavy atom. The molecule has 0 unspecified atom stereocenters. The van der Waals surface area contributed by atoms with Crippen LogP contribution in [-0.4, -0.2) is 46.0 Å². The van der Waals surface area contributed by atoms with Gasteiger partial charge < -0.3 is 20.7 Å². The second-order valence-electron chi connectivity index (χ2n) is 9.74. The van der Waals surface area contributed by atoms with E-state index in [1.54, 1.807) is 29.4 Å². The molecule has 5 rings (SSSR count). The SMILES string of the molecule is C=CC(=O)N[C@H]1CCCC[C@H]1NC(=O)c1sc2nccc3c2c1NC(=O)N3c1cnc(OC(C)C)cc1C. The molecule has 2 atom stereocenters. The van der Waals surface area contributed by atoms with Crippen molar-refractivity contribution in [3.8, 4) is 5.88 Å². The molecule has 0 saturated heterocycles. The smallest absolute Gasteiger partial charge is 0.331 e. The number of nitrogens with zero attached hydrogens (tertiary/aromatic N) is 3. The number of carbonyl (C=O) groups excluding carboxylic acids is 3. The van der Waals surface area contributed by atoms with Crippen LogP contribution in [0.1, 0.15) is 54.8 Å². The molecule has 3 aromatic rings. The van der Waals surface area contributed by atoms with Crippen molar-refractivity contribution in [1.29, 1.82) is 0 Å². The second-order valence-corrected chi connectivity index (χ2v) is 10.7. The fourth-order valence-corrected chi connectivity index (χ4v) is 6.02. The molecule has 4 heterocycles. The van der Waals surface area contributed by atoms with Gasteiger partial charge in [-0.3, -0.25) is 14.5 Å². The molecule has 4 amide bonds. The Labute approximate surface area is 224 Å². The van der Waals surface area contributed by atoms with Crippen molar-refractivity contribution in [3.63, 3.8) is 0 Å². The summed E-state index contributed by atoms with van der Waals surface area (Å²) < 4.78 is 5.69. The number of pyridine rings is 2. The van der Waals surface area contributed by atoms with Crippen LogP contribution in [0.2, 0.25) is 0 Å². The van der Waals surface area contributed by atoms with Gasteiger partial charge in [-0.2, -0.15) is 0 Å². The van der Waals surface area contributed by atoms with Crippen LogP contribution in [-0.2, 0) is 4.79 Å². The van der Waals surface area contributed by atoms with Gasteiger partial charge in [0.25, 0.3) is 5.91 Å². The van der Waals surface area contributed by atoms with E-state index in [4.69, 9.17) is 4.74 Å². The van der Waals surface area contributed by atoms with E-state index < -0.39 is 6.03 Å². The minimum Gasteiger partial charge on any atom is -0.475 e. The first-order chi connectivity index (χ1) is 18.3. The summed E-state index contributed by atoms with van der Waals surface area (Å²) >= 11 is 1.23. The highest BCUT2D eigenvalue weighted by molar-refractivity contribution is 7.21. The molecule has 3 N–H and O–H groups in total. The fourth-order valence-electron chi connectivity index (χ4n) is 5.00. The summed E-state index contributed by atoms with van der Waals surface area (Å²) in [7, 11) is 0. The highest BCUT2D eigenvalue weighted by Crippen LogP contribution is 2.46. The Kier molecular flexibility index (Phi) is 7.02. The number of urea groups is 1. The van der Waals surface area contributed by atoms with E-state index in [0.717, 1.165) is 31.2 Å². The quantitative estimate of drug-likeness (QED) is 0.374. The van der Waals surface area contributed by atoms with Crippen LogP contribution in [0.15, 0.2) is 37.2 Å². The summed E-state index contributed by atoms with van der Waals surface area (Å²) in [5.41, 5.74) is 2.49. The number of thiophene rings is 1. The first-order valence-electron chi connectivity index (χ1n) is 12.7. The third kappa shape index (κ3) is 4.81. The summed E-state index contributed by atoms with van der Waals surface area (Å²) in [6.45, 7) is 9.26. The van der Waals surface area contributed by atoms with Crippen molar-refractivity contribution in [2.24, 2.45) is 0 Å². The minimum atomic E-state index is -0.395. The summed E-state index contributed by atoms with van der Waals surface area (Å²) in [6, 6.07) is 2.77. The maximum atomic E-state index is 13.5. The van der Waals surface area contributed by atoms with E-state index in [2.05, 4.69) is 32.5 Å². The molecular formula is C27H30N6O4S. The zero-order valence-electron chi connectivity index (χ0n) is 21.5. The number of amides is 4. The van der Waals surface area contributed by atoms with E-state index in [1.165, 1.54) is 17.4 Å². The second kappa shape index (κ2) is 10.4. The van der Waals surface area contributed by atoms with Gasteiger partial charge in [-0.15, -0.1) is 11.3 Å². The zero-order chi connectivity index (χ0) is 27.0. The average molecular weight is 535 g/mol. The molecule has 1 aliphatic carbocycles. The standard InChI is InChI=1S/C27H30N6O4S/c1-5-20(34)30-16-8-6-7-9-17(16)31-25(35)24-23-22-18(10-11-28-26(22)38-24)33(27(36)32-23)19-13-29-21(12-15(19)4)37-14(2)3/h5,10-14,16-17H,1,6-9H2,2-4H3,(H,30,34)(H,31,35)(H,32,36)/t16-,17+/m0/s1. The lowest BCUT2D eigenvalue weighted by Crippen LogP contribution is -2.52. The lowest BCUT2D eigenvalue weighted by Gasteiger charge is -2.32. The Bertz CT molecular complexity index is 1430. The highest BCUT2D eigenvalue weighted by Gasteiger charge is 2.35. The molecule has 0 spiro atoms. The molecule has 2 aliphatic rings. The minimum absolute atomic E-state index is 0.0223. The van der Waals surface area contributed by atoms with Gasteiger partial charge in [-0.1, -0.05) is 19.4 Å². The Hall–Kier alpha value is -3.99. The summed E-state index contributed by atoms with van der Waals surface area (Å²) in [5.74, 6) is -0.0811. The van der Waals surface area contributed by atoms with Crippen molar-refractivity contribution in [2.45, 2.75) is 64.6 Å². The topological polar surface area (TPSA) is 126 Å². The molecule has 0 aromatic carbocycles. The van der Waals surface area contributed by atoms with Crippen molar-refractivity contribution >= 4 is 56.5 Å². The maximum absolute atomic E-state index is 13.5. The predicted molar refractivity (Wildman–Crippen MR) is 147 cm³/mol. The summed E-state index contributed by atoms with van der Waals surface area (Å²) in [4.78, 5) is 50.3. The molecule has 1 fully saturated rings. The van der Waals surface area contributed by atoms with Gasteiger partial charge in [-0.05, 0) is 51.3 Å². The van der Waals surface area contributed by atoms with Gasteiger partial charge in [-0.25, -0.2) is 14.8 Å². The number of aryl methyl sites for hydroxylation is 1. The molecule has 198 valence electrons. The van der Waals surface area contributed by atoms with Crippen molar-refractivity contribution in [2.75, 3.05) is 10.2 Å². The number of aromatic nitrogens is 2. The molecule has 3 aromatic heterocycles. The molecule has 11 heteroatoms. The number of hydrogen-bond acceptors (Lipinski definition) is 7. The predicted octanol–water partition coefficient (Wildman–Crippen LogP) is 4.81. The Morgan fingerprint density at radius 2 is 1.95 bits per heavy atom. The lowest BCUT2D eigenvalue weighted by molar-refractivity contribution is -0.117. The Balaban J connectivity index is 1.47. The van der Waals surface area contributed by atoms with Gasteiger partial charge in [0, 0.05) is 24.3 Å². The van der Waals surface area contributed by atoms with Crippen LogP contribution in [0.4, 0.5) is 21.9 Å². The molecule has 0 bridgehead atoms. The van der Waals surface area contributed by atoms with Gasteiger partial charge in [0.05, 0.1) is 34.7 Å². The van der Waals surface area contributed by atoms with Crippen molar-refractivity contribution in [1.82, 2.24) is 20.6 Å². The number of hydrogen-bond donors (Lipinski definition) is 3. The average Bonchev–Trinajstić information content (AvgIpc) is 3.25. The highest BCUT2D eigenvalue weighted by atomic mass is 32.1. The van der Waals surface area contributed by atoms with Crippen LogP contribution >= 0.6 is 11.3 Å². The van der Waals surface area contributed by atoms with E-state index in [0.29, 0.717) is 38.0 Å². The number of rotatable bonds is 7. The Morgan fingerprint density at radius 1 is 1.21 bits per heavy atom. The zero-order valence-corrected chi connectivity index (χ0v) is 22.4. The van der Waals surface area contributed by atoms with Gasteiger partial charge >= 0.3 is 6.03 Å². The monoisotopic (exact) mass is 534 g/mol. The molecule has 0 radical (unpaired) electrons. The van der Waals surface area contributed by atoms with Crippen LogP contribution < -0.4 is 25.6 Å². The van der Waals surface area contributed by atoms with Crippen LogP contribution in [0.25, 0.3) is 10.2 Å². The largest absolute Gasteiger partial charge is 0.475 e. The first kappa shape index (κ1) is 25.7.